The van der Waals surface area contributed by atoms with Crippen molar-refractivity contribution < 1.29 is 23.9 Å². The second-order valence-corrected chi connectivity index (χ2v) is 9.93. The fraction of sp³-hybridized carbons (Fsp3) is 0.478. The van der Waals surface area contributed by atoms with Crippen LogP contribution in [0.25, 0.3) is 0 Å². The molecule has 1 saturated heterocycles. The number of hydrogen-bond acceptors (Lipinski definition) is 7. The van der Waals surface area contributed by atoms with Gasteiger partial charge < -0.3 is 18.9 Å². The first-order chi connectivity index (χ1) is 15.1. The summed E-state index contributed by atoms with van der Waals surface area (Å²) in [5.74, 6) is -1.74. The number of aromatic nitrogens is 2. The van der Waals surface area contributed by atoms with Crippen LogP contribution in [0.2, 0.25) is 0 Å². The number of rotatable bonds is 6. The van der Waals surface area contributed by atoms with Gasteiger partial charge in [0.1, 0.15) is 11.6 Å². The van der Waals surface area contributed by atoms with Gasteiger partial charge in [-0.1, -0.05) is 30.0 Å². The summed E-state index contributed by atoms with van der Waals surface area (Å²) in [4.78, 5) is 44.8. The van der Waals surface area contributed by atoms with E-state index in [-0.39, 0.29) is 24.1 Å². The number of thioether (sulfide) groups is 1. The summed E-state index contributed by atoms with van der Waals surface area (Å²) in [6.07, 6.45) is 3.49. The topological polar surface area (TPSA) is 90.7 Å². The first kappa shape index (κ1) is 23.8. The van der Waals surface area contributed by atoms with E-state index < -0.39 is 29.5 Å². The van der Waals surface area contributed by atoms with Crippen LogP contribution < -0.4 is 0 Å². The largest absolute Gasteiger partial charge is 0.467 e. The minimum absolute atomic E-state index is 0.0162. The van der Waals surface area contributed by atoms with Crippen LogP contribution in [0.5, 0.6) is 0 Å². The maximum atomic E-state index is 13.3. The number of likely N-dealkylation sites (tertiary alicyclic amines) is 1. The zero-order chi connectivity index (χ0) is 23.5. The van der Waals surface area contributed by atoms with E-state index in [0.29, 0.717) is 5.56 Å². The molecular formula is C23H29N3O5S. The Bertz CT molecular complexity index is 970. The van der Waals surface area contributed by atoms with Gasteiger partial charge in [0.2, 0.25) is 0 Å². The maximum absolute atomic E-state index is 13.3. The number of esters is 2. The number of aryl methyl sites for hydroxylation is 1. The highest BCUT2D eigenvalue weighted by Crippen LogP contribution is 2.40. The molecule has 0 spiro atoms. The molecule has 3 rings (SSSR count). The van der Waals surface area contributed by atoms with Gasteiger partial charge in [0.05, 0.1) is 13.5 Å². The van der Waals surface area contributed by atoms with E-state index in [1.165, 1.54) is 23.8 Å². The van der Waals surface area contributed by atoms with Gasteiger partial charge in [0.15, 0.2) is 5.16 Å². The zero-order valence-corrected chi connectivity index (χ0v) is 19.8. The molecule has 0 radical (unpaired) electrons. The van der Waals surface area contributed by atoms with E-state index in [1.54, 1.807) is 51.2 Å². The van der Waals surface area contributed by atoms with Gasteiger partial charge in [-0.3, -0.25) is 9.59 Å². The second kappa shape index (κ2) is 9.77. The van der Waals surface area contributed by atoms with E-state index >= 15 is 0 Å². The molecule has 1 aromatic heterocycles. The van der Waals surface area contributed by atoms with Crippen molar-refractivity contribution in [1.29, 1.82) is 0 Å². The van der Waals surface area contributed by atoms with Crippen LogP contribution in [-0.4, -0.2) is 62.8 Å². The van der Waals surface area contributed by atoms with Crippen LogP contribution >= 0.6 is 11.8 Å². The summed E-state index contributed by atoms with van der Waals surface area (Å²) < 4.78 is 12.4. The highest BCUT2D eigenvalue weighted by atomic mass is 32.2. The minimum atomic E-state index is -0.905. The Hall–Kier alpha value is -2.81. The monoisotopic (exact) mass is 459 g/mol. The lowest BCUT2D eigenvalue weighted by Gasteiger charge is -2.27. The first-order valence-electron chi connectivity index (χ1n) is 10.4. The van der Waals surface area contributed by atoms with Crippen LogP contribution in [-0.2, 0) is 26.1 Å². The van der Waals surface area contributed by atoms with E-state index in [1.807, 2.05) is 23.9 Å². The number of methoxy groups -OCH3 is 1. The number of carbonyl (C=O) groups is 3. The van der Waals surface area contributed by atoms with E-state index in [0.717, 1.165) is 5.16 Å². The summed E-state index contributed by atoms with van der Waals surface area (Å²) >= 11 is 1.44. The molecule has 0 bridgehead atoms. The molecule has 0 unspecified atom stereocenters. The average molecular weight is 460 g/mol. The molecular weight excluding hydrogens is 430 g/mol. The van der Waals surface area contributed by atoms with E-state index in [2.05, 4.69) is 4.98 Å². The molecule has 3 atom stereocenters. The standard InChI is InChI=1S/C23H29N3O5S/c1-23(2,3)31-18(27)13-16-17(32-22-24-11-12-25(22)4)14-26(19(16)21(29)30-5)20(28)15-9-7-6-8-10-15/h6-12,16-17,19H,13-14H2,1-5H3/t16-,17-,19-/m0/s1. The van der Waals surface area contributed by atoms with Crippen molar-refractivity contribution in [3.05, 3.63) is 48.3 Å². The van der Waals surface area contributed by atoms with Crippen molar-refractivity contribution >= 4 is 29.6 Å². The first-order valence-corrected chi connectivity index (χ1v) is 11.3. The molecule has 32 heavy (non-hydrogen) atoms. The molecule has 1 aromatic carbocycles. The van der Waals surface area contributed by atoms with Gasteiger partial charge in [-0.25, -0.2) is 9.78 Å². The molecule has 2 aromatic rings. The SMILES string of the molecule is COC(=O)[C@@H]1[C@@H](CC(=O)OC(C)(C)C)[C@@H](Sc2nccn2C)CN1C(=O)c1ccccc1. The Morgan fingerprint density at radius 1 is 1.19 bits per heavy atom. The Morgan fingerprint density at radius 2 is 1.88 bits per heavy atom. The van der Waals surface area contributed by atoms with Gasteiger partial charge in [0.25, 0.3) is 5.91 Å². The van der Waals surface area contributed by atoms with Crippen LogP contribution in [0.4, 0.5) is 0 Å². The number of nitrogens with zero attached hydrogens (tertiary/aromatic N) is 3. The molecule has 0 aliphatic carbocycles. The summed E-state index contributed by atoms with van der Waals surface area (Å²) in [6, 6.07) is 7.88. The molecule has 9 heteroatoms. The third kappa shape index (κ3) is 5.51. The second-order valence-electron chi connectivity index (χ2n) is 8.72. The average Bonchev–Trinajstić information content (AvgIpc) is 3.30. The lowest BCUT2D eigenvalue weighted by molar-refractivity contribution is -0.157. The van der Waals surface area contributed by atoms with Crippen molar-refractivity contribution in [2.75, 3.05) is 13.7 Å². The molecule has 1 aliphatic rings. The fourth-order valence-corrected chi connectivity index (χ4v) is 5.07. The fourth-order valence-electron chi connectivity index (χ4n) is 3.80. The van der Waals surface area contributed by atoms with Crippen molar-refractivity contribution in [2.45, 2.75) is 49.2 Å². The minimum Gasteiger partial charge on any atom is -0.467 e. The van der Waals surface area contributed by atoms with Crippen molar-refractivity contribution in [2.24, 2.45) is 13.0 Å². The predicted molar refractivity (Wildman–Crippen MR) is 120 cm³/mol. The van der Waals surface area contributed by atoms with Gasteiger partial charge in [0, 0.05) is 42.7 Å². The van der Waals surface area contributed by atoms with Gasteiger partial charge in [-0.2, -0.15) is 0 Å². The third-order valence-corrected chi connectivity index (χ3v) is 6.58. The molecule has 1 fully saturated rings. The van der Waals surface area contributed by atoms with E-state index in [4.69, 9.17) is 9.47 Å². The van der Waals surface area contributed by atoms with Crippen LogP contribution in [0.3, 0.4) is 0 Å². The van der Waals surface area contributed by atoms with Crippen molar-refractivity contribution in [3.8, 4) is 0 Å². The Morgan fingerprint density at radius 3 is 2.44 bits per heavy atom. The lowest BCUT2D eigenvalue weighted by atomic mass is 9.95. The number of carbonyl (C=O) groups excluding carboxylic acids is 3. The van der Waals surface area contributed by atoms with Crippen molar-refractivity contribution in [1.82, 2.24) is 14.5 Å². The number of amides is 1. The van der Waals surface area contributed by atoms with Crippen LogP contribution in [0.15, 0.2) is 47.9 Å². The molecule has 8 nitrogen and oxygen atoms in total. The molecule has 1 aliphatic heterocycles. The Kier molecular flexibility index (Phi) is 7.28. The number of benzene rings is 1. The summed E-state index contributed by atoms with van der Waals surface area (Å²) in [5, 5.41) is 0.488. The normalized spacial score (nSPS) is 20.8. The molecule has 0 N–H and O–H groups in total. The van der Waals surface area contributed by atoms with Gasteiger partial charge >= 0.3 is 11.9 Å². The summed E-state index contributed by atoms with van der Waals surface area (Å²) in [7, 11) is 3.16. The summed E-state index contributed by atoms with van der Waals surface area (Å²) in [5.41, 5.74) is -0.182. The highest BCUT2D eigenvalue weighted by Gasteiger charge is 2.50. The Balaban J connectivity index is 1.95. The molecule has 2 heterocycles. The molecule has 172 valence electrons. The predicted octanol–water partition coefficient (Wildman–Crippen LogP) is 2.93. The Labute approximate surface area is 192 Å². The van der Waals surface area contributed by atoms with Crippen LogP contribution in [0, 0.1) is 5.92 Å². The smallest absolute Gasteiger partial charge is 0.328 e. The summed E-state index contributed by atoms with van der Waals surface area (Å²) in [6.45, 7) is 5.66. The van der Waals surface area contributed by atoms with Crippen LogP contribution in [0.1, 0.15) is 37.6 Å². The number of hydrogen-bond donors (Lipinski definition) is 0. The van der Waals surface area contributed by atoms with Gasteiger partial charge in [-0.05, 0) is 32.9 Å². The molecule has 1 amide bonds. The quantitative estimate of drug-likeness (QED) is 0.614. The number of imidazole rings is 1. The molecule has 0 saturated carbocycles. The van der Waals surface area contributed by atoms with Crippen molar-refractivity contribution in [3.63, 3.8) is 0 Å². The number of ether oxygens (including phenoxy) is 2. The van der Waals surface area contributed by atoms with Gasteiger partial charge in [-0.15, -0.1) is 0 Å². The van der Waals surface area contributed by atoms with E-state index in [9.17, 15) is 14.4 Å². The zero-order valence-electron chi connectivity index (χ0n) is 19.0. The third-order valence-electron chi connectivity index (χ3n) is 5.18. The maximum Gasteiger partial charge on any atom is 0.328 e. The highest BCUT2D eigenvalue weighted by molar-refractivity contribution is 7.99. The lowest BCUT2D eigenvalue weighted by Crippen LogP contribution is -2.44.